The molecule has 3 aromatic carbocycles. The molecule has 3 rings (SSSR count). The number of nitrogen functional groups attached to an aromatic ring is 1. The van der Waals surface area contributed by atoms with E-state index in [1.165, 1.54) is 12.1 Å². The van der Waals surface area contributed by atoms with Crippen molar-refractivity contribution < 1.29 is 37.0 Å². The maximum absolute atomic E-state index is 13.6. The third-order valence-corrected chi connectivity index (χ3v) is 6.15. The van der Waals surface area contributed by atoms with Gasteiger partial charge in [-0.3, -0.25) is 21.1 Å². The van der Waals surface area contributed by atoms with Crippen molar-refractivity contribution in [3.05, 3.63) is 75.8 Å². The highest BCUT2D eigenvalue weighted by molar-refractivity contribution is 6.39. The number of ether oxygens (including phenoxy) is 3. The smallest absolute Gasteiger partial charge is 0.490 e. The Bertz CT molecular complexity index is 1480. The first-order valence-electron chi connectivity index (χ1n) is 12.7. The van der Waals surface area contributed by atoms with E-state index in [0.29, 0.717) is 17.1 Å². The molecule has 0 bridgehead atoms. The number of anilines is 2. The number of carbonyl (C=O) groups is 2. The van der Waals surface area contributed by atoms with Crippen LogP contribution in [0.15, 0.2) is 54.6 Å². The fourth-order valence-electron chi connectivity index (χ4n) is 3.68. The highest BCUT2D eigenvalue weighted by atomic mass is 35.5. The number of nitrogens with one attached hydrogen (secondary N) is 4. The molecule has 1 unspecified atom stereocenters. The molecule has 1 atom stereocenters. The van der Waals surface area contributed by atoms with Gasteiger partial charge >= 0.3 is 12.1 Å². The Morgan fingerprint density at radius 2 is 1.67 bits per heavy atom. The highest BCUT2D eigenvalue weighted by Crippen LogP contribution is 2.35. The van der Waals surface area contributed by atoms with Gasteiger partial charge in [-0.05, 0) is 62.7 Å². The van der Waals surface area contributed by atoms with Gasteiger partial charge < -0.3 is 25.3 Å². The lowest BCUT2D eigenvalue weighted by molar-refractivity contribution is -0.189. The average molecular weight is 642 g/mol. The Balaban J connectivity index is 2.04. The number of para-hydroxylation sites is 1. The summed E-state index contributed by atoms with van der Waals surface area (Å²) in [6.45, 7) is 5.72. The lowest BCUT2D eigenvalue weighted by Crippen LogP contribution is -2.37. The molecular formula is C28H28Cl2F3N5O5. The van der Waals surface area contributed by atoms with Crippen LogP contribution < -0.4 is 36.1 Å². The lowest BCUT2D eigenvalue weighted by atomic mass is 10.0. The van der Waals surface area contributed by atoms with Gasteiger partial charge in [-0.25, -0.2) is 4.79 Å². The lowest BCUT2D eigenvalue weighted by Gasteiger charge is -2.23. The number of benzene rings is 3. The number of hydrogen-bond acceptors (Lipinski definition) is 8. The highest BCUT2D eigenvalue weighted by Gasteiger charge is 2.42. The third kappa shape index (κ3) is 8.82. The van der Waals surface area contributed by atoms with Crippen LogP contribution in [0.5, 0.6) is 17.2 Å². The van der Waals surface area contributed by atoms with Crippen molar-refractivity contribution >= 4 is 52.3 Å². The summed E-state index contributed by atoms with van der Waals surface area (Å²) in [7, 11) is 0. The van der Waals surface area contributed by atoms with E-state index in [2.05, 4.69) is 20.9 Å². The van der Waals surface area contributed by atoms with Gasteiger partial charge in [0, 0.05) is 11.8 Å². The van der Waals surface area contributed by atoms with Gasteiger partial charge in [0.25, 0.3) is 5.91 Å². The van der Waals surface area contributed by atoms with E-state index in [1.807, 2.05) is 13.8 Å². The van der Waals surface area contributed by atoms with Crippen LogP contribution in [0.4, 0.5) is 24.5 Å². The molecule has 0 aliphatic rings. The number of amides is 1. The Hall–Kier alpha value is -4.36. The van der Waals surface area contributed by atoms with E-state index < -0.39 is 35.7 Å². The summed E-state index contributed by atoms with van der Waals surface area (Å²) in [5, 5.41) is 11.0. The maximum Gasteiger partial charge on any atom is 0.491 e. The number of hydrogen-bond donors (Lipinski definition) is 5. The van der Waals surface area contributed by atoms with E-state index in [4.69, 9.17) is 43.8 Å². The van der Waals surface area contributed by atoms with Crippen LogP contribution in [-0.4, -0.2) is 36.6 Å². The first-order valence-corrected chi connectivity index (χ1v) is 13.4. The number of alkyl halides is 3. The molecule has 0 heterocycles. The average Bonchev–Trinajstić information content (AvgIpc) is 2.91. The number of carbonyl (C=O) groups excluding carboxylic acids is 2. The van der Waals surface area contributed by atoms with Crippen molar-refractivity contribution in [2.24, 2.45) is 5.73 Å². The molecule has 0 aromatic heterocycles. The van der Waals surface area contributed by atoms with Crippen molar-refractivity contribution in [3.8, 4) is 17.2 Å². The summed E-state index contributed by atoms with van der Waals surface area (Å²) >= 11 is 12.4. The summed E-state index contributed by atoms with van der Waals surface area (Å²) in [4.78, 5) is 25.1. The van der Waals surface area contributed by atoms with Crippen LogP contribution in [0.25, 0.3) is 0 Å². The molecule has 3 aromatic rings. The molecule has 10 nitrogen and oxygen atoms in total. The van der Waals surface area contributed by atoms with E-state index in [9.17, 15) is 22.8 Å². The van der Waals surface area contributed by atoms with Crippen molar-refractivity contribution in [2.75, 3.05) is 17.3 Å². The van der Waals surface area contributed by atoms with Crippen LogP contribution >= 0.6 is 23.2 Å². The van der Waals surface area contributed by atoms with E-state index in [0.717, 1.165) is 6.07 Å². The minimum Gasteiger partial charge on any atom is -0.490 e. The molecule has 15 heteroatoms. The normalized spacial score (nSPS) is 11.8. The predicted octanol–water partition coefficient (Wildman–Crippen LogP) is 6.23. The third-order valence-electron chi connectivity index (χ3n) is 5.52. The SMILES string of the molecule is CCOc1cc(C(Nc2ccc(C(=N)N)c(OC(=O)C(F)(F)F)c2)C(=O)NNc2c(Cl)cccc2Cl)ccc1OC(C)C. The Labute approximate surface area is 255 Å². The summed E-state index contributed by atoms with van der Waals surface area (Å²) in [5.41, 5.74) is 11.0. The van der Waals surface area contributed by atoms with Crippen LogP contribution in [0.3, 0.4) is 0 Å². The van der Waals surface area contributed by atoms with Gasteiger partial charge in [-0.15, -0.1) is 0 Å². The van der Waals surface area contributed by atoms with E-state index in [-0.39, 0.29) is 39.7 Å². The largest absolute Gasteiger partial charge is 0.491 e. The molecular weight excluding hydrogens is 614 g/mol. The molecule has 230 valence electrons. The van der Waals surface area contributed by atoms with Gasteiger partial charge in [-0.1, -0.05) is 35.3 Å². The van der Waals surface area contributed by atoms with Crippen molar-refractivity contribution in [1.82, 2.24) is 5.43 Å². The Morgan fingerprint density at radius 1 is 1.00 bits per heavy atom. The van der Waals surface area contributed by atoms with Gasteiger partial charge in [0.1, 0.15) is 17.6 Å². The molecule has 0 saturated heterocycles. The van der Waals surface area contributed by atoms with Crippen molar-refractivity contribution in [2.45, 2.75) is 39.1 Å². The zero-order valence-electron chi connectivity index (χ0n) is 23.1. The minimum absolute atomic E-state index is 0.0476. The van der Waals surface area contributed by atoms with Crippen LogP contribution in [0, 0.1) is 5.41 Å². The first-order chi connectivity index (χ1) is 20.2. The first kappa shape index (κ1) is 33.1. The summed E-state index contributed by atoms with van der Waals surface area (Å²) < 4.78 is 54.8. The fourth-order valence-corrected chi connectivity index (χ4v) is 4.17. The zero-order valence-corrected chi connectivity index (χ0v) is 24.6. The van der Waals surface area contributed by atoms with E-state index >= 15 is 0 Å². The van der Waals surface area contributed by atoms with Crippen molar-refractivity contribution in [3.63, 3.8) is 0 Å². The standard InChI is InChI=1S/C28H28Cl2F3N5O5/c1-4-41-22-12-15(8-11-20(22)42-14(2)3)23(26(39)38-37-24-18(29)6-5-7-19(24)30)36-16-9-10-17(25(34)35)21(13-16)43-27(40)28(31,32)33/h5-14,23,36-37H,4H2,1-3H3,(H3,34,35)(H,38,39). The van der Waals surface area contributed by atoms with Gasteiger partial charge in [0.2, 0.25) is 0 Å². The quantitative estimate of drug-likeness (QED) is 0.0514. The molecule has 0 aliphatic heterocycles. The molecule has 43 heavy (non-hydrogen) atoms. The Morgan fingerprint density at radius 3 is 2.26 bits per heavy atom. The van der Waals surface area contributed by atoms with E-state index in [1.54, 1.807) is 43.3 Å². The Kier molecular flexibility index (Phi) is 11.0. The summed E-state index contributed by atoms with van der Waals surface area (Å²) in [6, 6.07) is 11.8. The van der Waals surface area contributed by atoms with Gasteiger partial charge in [0.05, 0.1) is 34.0 Å². The van der Waals surface area contributed by atoms with Crippen molar-refractivity contribution in [1.29, 1.82) is 5.41 Å². The predicted molar refractivity (Wildman–Crippen MR) is 157 cm³/mol. The molecule has 0 fully saturated rings. The maximum atomic E-state index is 13.6. The molecule has 1 amide bonds. The minimum atomic E-state index is -5.30. The monoisotopic (exact) mass is 641 g/mol. The number of amidine groups is 1. The molecule has 0 saturated carbocycles. The molecule has 0 aliphatic carbocycles. The number of hydrazine groups is 1. The zero-order chi connectivity index (χ0) is 31.9. The number of esters is 1. The molecule has 0 radical (unpaired) electrons. The van der Waals surface area contributed by atoms with Crippen LogP contribution in [-0.2, 0) is 9.59 Å². The van der Waals surface area contributed by atoms with Gasteiger partial charge in [-0.2, -0.15) is 13.2 Å². The summed E-state index contributed by atoms with van der Waals surface area (Å²) in [5.74, 6) is -3.72. The van der Waals surface area contributed by atoms with Crippen LogP contribution in [0.2, 0.25) is 10.0 Å². The summed E-state index contributed by atoms with van der Waals surface area (Å²) in [6.07, 6.45) is -5.48. The second-order valence-electron chi connectivity index (χ2n) is 9.11. The number of rotatable bonds is 12. The van der Waals surface area contributed by atoms with Crippen LogP contribution in [0.1, 0.15) is 37.9 Å². The number of nitrogens with two attached hydrogens (primary N) is 1. The second kappa shape index (κ2) is 14.2. The van der Waals surface area contributed by atoms with Gasteiger partial charge in [0.15, 0.2) is 11.5 Å². The topological polar surface area (TPSA) is 148 Å². The second-order valence-corrected chi connectivity index (χ2v) is 9.92. The molecule has 0 spiro atoms. The fraction of sp³-hybridized carbons (Fsp3) is 0.250. The number of halogens is 5. The molecule has 6 N–H and O–H groups in total.